The van der Waals surface area contributed by atoms with Crippen LogP contribution in [0.4, 0.5) is 5.13 Å². The normalized spacial score (nSPS) is 22.0. The first-order valence-electron chi connectivity index (χ1n) is 8.45. The number of piperazine rings is 1. The summed E-state index contributed by atoms with van der Waals surface area (Å²) in [5, 5.41) is 12.8. The second-order valence-corrected chi connectivity index (χ2v) is 7.36. The summed E-state index contributed by atoms with van der Waals surface area (Å²) < 4.78 is 0. The van der Waals surface area contributed by atoms with Crippen molar-refractivity contribution in [1.29, 1.82) is 0 Å². The van der Waals surface area contributed by atoms with Crippen LogP contribution in [-0.2, 0) is 6.54 Å². The van der Waals surface area contributed by atoms with Crippen LogP contribution in [0.5, 0.6) is 0 Å². The Morgan fingerprint density at radius 3 is 2.68 bits per heavy atom. The van der Waals surface area contributed by atoms with E-state index in [1.165, 1.54) is 23.7 Å². The molecule has 0 aromatic carbocycles. The van der Waals surface area contributed by atoms with Crippen molar-refractivity contribution >= 4 is 16.5 Å². The molecule has 2 heterocycles. The molecule has 1 aromatic heterocycles. The summed E-state index contributed by atoms with van der Waals surface area (Å²) in [5.41, 5.74) is 1.20. The van der Waals surface area contributed by atoms with Gasteiger partial charge in [-0.1, -0.05) is 6.92 Å². The Balaban J connectivity index is 1.48. The van der Waals surface area contributed by atoms with Crippen molar-refractivity contribution in [2.45, 2.75) is 44.8 Å². The highest BCUT2D eigenvalue weighted by Crippen LogP contribution is 2.32. The van der Waals surface area contributed by atoms with Gasteiger partial charge >= 0.3 is 0 Å². The van der Waals surface area contributed by atoms with Crippen LogP contribution in [0.25, 0.3) is 0 Å². The predicted molar refractivity (Wildman–Crippen MR) is 91.6 cm³/mol. The summed E-state index contributed by atoms with van der Waals surface area (Å²) in [6.07, 6.45) is 3.66. The Morgan fingerprint density at radius 2 is 2.09 bits per heavy atom. The fraction of sp³-hybridized carbons (Fsp3) is 0.812. The van der Waals surface area contributed by atoms with Gasteiger partial charge in [0.1, 0.15) is 0 Å². The predicted octanol–water partition coefficient (Wildman–Crippen LogP) is 1.63. The molecule has 1 aliphatic heterocycles. The SMILES string of the molecule is CCC(CO)N1CCN(Cc2csc(N(C)C3CC3)n2)CC1. The zero-order chi connectivity index (χ0) is 15.5. The lowest BCUT2D eigenvalue weighted by atomic mass is 10.1. The molecule has 1 atom stereocenters. The Bertz CT molecular complexity index is 464. The number of aliphatic hydroxyl groups is 1. The van der Waals surface area contributed by atoms with Crippen LogP contribution in [0.15, 0.2) is 5.38 Å². The molecule has 1 saturated carbocycles. The molecule has 0 radical (unpaired) electrons. The fourth-order valence-corrected chi connectivity index (χ4v) is 4.02. The smallest absolute Gasteiger partial charge is 0.185 e. The number of thiazole rings is 1. The van der Waals surface area contributed by atoms with E-state index in [4.69, 9.17) is 4.98 Å². The van der Waals surface area contributed by atoms with E-state index in [-0.39, 0.29) is 6.61 Å². The van der Waals surface area contributed by atoms with Gasteiger partial charge < -0.3 is 10.0 Å². The lowest BCUT2D eigenvalue weighted by molar-refractivity contribution is 0.0604. The molecule has 0 bridgehead atoms. The minimum atomic E-state index is 0.277. The molecule has 3 rings (SSSR count). The topological polar surface area (TPSA) is 42.8 Å². The highest BCUT2D eigenvalue weighted by atomic mass is 32.1. The molecule has 1 aliphatic carbocycles. The van der Waals surface area contributed by atoms with Crippen molar-refractivity contribution < 1.29 is 5.11 Å². The molecule has 2 fully saturated rings. The second kappa shape index (κ2) is 7.25. The zero-order valence-electron chi connectivity index (χ0n) is 13.7. The lowest BCUT2D eigenvalue weighted by Gasteiger charge is -2.38. The fourth-order valence-electron chi connectivity index (χ4n) is 3.17. The largest absolute Gasteiger partial charge is 0.395 e. The molecule has 22 heavy (non-hydrogen) atoms. The Morgan fingerprint density at radius 1 is 1.36 bits per heavy atom. The van der Waals surface area contributed by atoms with Gasteiger partial charge in [0, 0.05) is 57.2 Å². The third-order valence-corrected chi connectivity index (χ3v) is 5.91. The van der Waals surface area contributed by atoms with Crippen molar-refractivity contribution in [3.05, 3.63) is 11.1 Å². The minimum absolute atomic E-state index is 0.277. The van der Waals surface area contributed by atoms with Gasteiger partial charge in [0.15, 0.2) is 5.13 Å². The summed E-state index contributed by atoms with van der Waals surface area (Å²) in [6.45, 7) is 7.64. The molecule has 5 nitrogen and oxygen atoms in total. The van der Waals surface area contributed by atoms with Crippen molar-refractivity contribution in [2.24, 2.45) is 0 Å². The summed E-state index contributed by atoms with van der Waals surface area (Å²) in [4.78, 5) is 12.0. The number of aliphatic hydroxyl groups excluding tert-OH is 1. The maximum Gasteiger partial charge on any atom is 0.185 e. The van der Waals surface area contributed by atoms with Gasteiger partial charge in [-0.3, -0.25) is 9.80 Å². The molecule has 2 aliphatic rings. The number of anilines is 1. The molecule has 1 saturated heterocycles. The van der Waals surface area contributed by atoms with Crippen LogP contribution in [-0.4, -0.2) is 71.8 Å². The third kappa shape index (κ3) is 3.79. The third-order valence-electron chi connectivity index (χ3n) is 4.93. The van der Waals surface area contributed by atoms with Crippen LogP contribution >= 0.6 is 11.3 Å². The van der Waals surface area contributed by atoms with E-state index in [1.807, 2.05) is 0 Å². The number of hydrogen-bond donors (Lipinski definition) is 1. The summed E-state index contributed by atoms with van der Waals surface area (Å²) in [5.74, 6) is 0. The van der Waals surface area contributed by atoms with Gasteiger partial charge in [0.25, 0.3) is 0 Å². The van der Waals surface area contributed by atoms with E-state index < -0.39 is 0 Å². The molecule has 0 spiro atoms. The highest BCUT2D eigenvalue weighted by molar-refractivity contribution is 7.13. The zero-order valence-corrected chi connectivity index (χ0v) is 14.6. The number of rotatable bonds is 7. The maximum atomic E-state index is 9.42. The number of hydrogen-bond acceptors (Lipinski definition) is 6. The molecule has 0 amide bonds. The Kier molecular flexibility index (Phi) is 5.33. The van der Waals surface area contributed by atoms with E-state index in [2.05, 4.69) is 34.1 Å². The summed E-state index contributed by atoms with van der Waals surface area (Å²) in [6, 6.07) is 1.06. The molecule has 124 valence electrons. The maximum absolute atomic E-state index is 9.42. The van der Waals surface area contributed by atoms with Gasteiger partial charge in [-0.05, 0) is 19.3 Å². The monoisotopic (exact) mass is 324 g/mol. The molecule has 1 unspecified atom stereocenters. The van der Waals surface area contributed by atoms with Crippen LogP contribution in [0.2, 0.25) is 0 Å². The van der Waals surface area contributed by atoms with Gasteiger partial charge in [0.05, 0.1) is 12.3 Å². The van der Waals surface area contributed by atoms with Crippen molar-refractivity contribution in [3.63, 3.8) is 0 Å². The van der Waals surface area contributed by atoms with Crippen LogP contribution in [0.1, 0.15) is 31.9 Å². The summed E-state index contributed by atoms with van der Waals surface area (Å²) >= 11 is 1.77. The van der Waals surface area contributed by atoms with Crippen LogP contribution < -0.4 is 4.90 Å². The average molecular weight is 324 g/mol. The van der Waals surface area contributed by atoms with E-state index in [0.717, 1.165) is 45.2 Å². The Hall–Kier alpha value is -0.690. The number of nitrogens with zero attached hydrogens (tertiary/aromatic N) is 4. The van der Waals surface area contributed by atoms with Gasteiger partial charge in [-0.15, -0.1) is 11.3 Å². The molecule has 6 heteroatoms. The van der Waals surface area contributed by atoms with Gasteiger partial charge in [-0.2, -0.15) is 0 Å². The van der Waals surface area contributed by atoms with Crippen LogP contribution in [0, 0.1) is 0 Å². The Labute approximate surface area is 137 Å². The molecule has 1 aromatic rings. The van der Waals surface area contributed by atoms with E-state index in [1.54, 1.807) is 11.3 Å². The average Bonchev–Trinajstić information content (AvgIpc) is 3.29. The highest BCUT2D eigenvalue weighted by Gasteiger charge is 2.28. The van der Waals surface area contributed by atoms with E-state index in [9.17, 15) is 5.11 Å². The molecular weight excluding hydrogens is 296 g/mol. The lowest BCUT2D eigenvalue weighted by Crippen LogP contribution is -2.50. The van der Waals surface area contributed by atoms with E-state index >= 15 is 0 Å². The van der Waals surface area contributed by atoms with Gasteiger partial charge in [-0.25, -0.2) is 4.98 Å². The van der Waals surface area contributed by atoms with Crippen LogP contribution in [0.3, 0.4) is 0 Å². The quantitative estimate of drug-likeness (QED) is 0.826. The van der Waals surface area contributed by atoms with Crippen molar-refractivity contribution in [3.8, 4) is 0 Å². The first-order valence-corrected chi connectivity index (χ1v) is 9.33. The minimum Gasteiger partial charge on any atom is -0.395 e. The first kappa shape index (κ1) is 16.2. The first-order chi connectivity index (χ1) is 10.7. The molecule has 1 N–H and O–H groups in total. The number of aromatic nitrogens is 1. The van der Waals surface area contributed by atoms with Crippen molar-refractivity contribution in [2.75, 3.05) is 44.7 Å². The molecular formula is C16H28N4OS. The van der Waals surface area contributed by atoms with E-state index in [0.29, 0.717) is 6.04 Å². The van der Waals surface area contributed by atoms with Gasteiger partial charge in [0.2, 0.25) is 0 Å². The summed E-state index contributed by atoms with van der Waals surface area (Å²) in [7, 11) is 2.17. The van der Waals surface area contributed by atoms with Crippen molar-refractivity contribution in [1.82, 2.24) is 14.8 Å². The standard InChI is InChI=1S/C16H28N4OS/c1-3-14(11-21)20-8-6-19(7-9-20)10-13-12-22-16(17-13)18(2)15-4-5-15/h12,14-15,21H,3-11H2,1-2H3. The second-order valence-electron chi connectivity index (χ2n) is 6.52.